The quantitative estimate of drug-likeness (QED) is 0.685. The van der Waals surface area contributed by atoms with Gasteiger partial charge in [-0.1, -0.05) is 18.2 Å². The average molecular weight is 363 g/mol. The van der Waals surface area contributed by atoms with Crippen molar-refractivity contribution in [2.24, 2.45) is 0 Å². The van der Waals surface area contributed by atoms with Gasteiger partial charge in [0, 0.05) is 12.4 Å². The highest BCUT2D eigenvalue weighted by atomic mass is 16.5. The monoisotopic (exact) mass is 363 g/mol. The van der Waals surface area contributed by atoms with Gasteiger partial charge in [0.25, 0.3) is 11.8 Å². The van der Waals surface area contributed by atoms with E-state index in [0.717, 1.165) is 16.8 Å². The number of carbonyl (C=O) groups excluding carboxylic acids is 2. The first kappa shape index (κ1) is 18.3. The summed E-state index contributed by atoms with van der Waals surface area (Å²) in [7, 11) is 0. The van der Waals surface area contributed by atoms with Gasteiger partial charge in [0.2, 0.25) is 0 Å². The second-order valence-corrected chi connectivity index (χ2v) is 6.22. The van der Waals surface area contributed by atoms with Crippen molar-refractivity contribution in [1.82, 2.24) is 15.4 Å². The molecule has 0 aliphatic heterocycles. The van der Waals surface area contributed by atoms with Gasteiger partial charge in [-0.25, -0.2) is 0 Å². The molecule has 0 fully saturated rings. The normalized spacial score (nSPS) is 10.3. The molecule has 2 aromatic carbocycles. The number of benzene rings is 2. The Hall–Kier alpha value is -3.54. The number of amides is 2. The number of rotatable bonds is 5. The van der Waals surface area contributed by atoms with Crippen LogP contribution in [-0.2, 0) is 4.79 Å². The fourth-order valence-corrected chi connectivity index (χ4v) is 2.78. The summed E-state index contributed by atoms with van der Waals surface area (Å²) in [6, 6.07) is 16.6. The van der Waals surface area contributed by atoms with Crippen molar-refractivity contribution in [3.05, 3.63) is 83.7 Å². The molecule has 0 radical (unpaired) electrons. The highest BCUT2D eigenvalue weighted by molar-refractivity contribution is 5.98. The average Bonchev–Trinajstić information content (AvgIpc) is 3.18. The molecule has 0 atom stereocenters. The van der Waals surface area contributed by atoms with E-state index in [1.54, 1.807) is 12.1 Å². The molecule has 3 rings (SSSR count). The number of hydrogen-bond donors (Lipinski definition) is 2. The summed E-state index contributed by atoms with van der Waals surface area (Å²) < 4.78 is 7.32. The van der Waals surface area contributed by atoms with Crippen molar-refractivity contribution in [2.45, 2.75) is 13.8 Å². The predicted molar refractivity (Wildman–Crippen MR) is 103 cm³/mol. The van der Waals surface area contributed by atoms with Crippen LogP contribution in [0.4, 0.5) is 0 Å². The zero-order valence-corrected chi connectivity index (χ0v) is 15.2. The molecule has 0 saturated carbocycles. The van der Waals surface area contributed by atoms with E-state index in [9.17, 15) is 9.59 Å². The summed E-state index contributed by atoms with van der Waals surface area (Å²) in [5, 5.41) is 0. The minimum atomic E-state index is -0.444. The Balaban J connectivity index is 1.57. The van der Waals surface area contributed by atoms with E-state index in [1.165, 1.54) is 0 Å². The number of hydrazine groups is 1. The number of nitrogens with one attached hydrogen (secondary N) is 2. The molecule has 3 aromatic rings. The molecule has 138 valence electrons. The van der Waals surface area contributed by atoms with Crippen molar-refractivity contribution in [2.75, 3.05) is 6.61 Å². The minimum absolute atomic E-state index is 0.192. The number of aryl methyl sites for hydroxylation is 2. The van der Waals surface area contributed by atoms with Crippen molar-refractivity contribution >= 4 is 11.8 Å². The van der Waals surface area contributed by atoms with Crippen LogP contribution in [0.1, 0.15) is 21.5 Å². The maximum absolute atomic E-state index is 12.4. The van der Waals surface area contributed by atoms with Crippen LogP contribution in [0.15, 0.2) is 67.0 Å². The standard InChI is InChI=1S/C21H21N3O3/c1-15-11-16(2)13-17(12-15)27-14-20(25)22-23-21(26)18-7-3-4-8-19(18)24-9-5-6-10-24/h3-13H,14H2,1-2H3,(H,22,25)(H,23,26). The van der Waals surface area contributed by atoms with Crippen LogP contribution in [0.3, 0.4) is 0 Å². The molecule has 2 amide bonds. The number of para-hydroxylation sites is 1. The molecule has 0 unspecified atom stereocenters. The van der Waals surface area contributed by atoms with Crippen molar-refractivity contribution in [3.8, 4) is 11.4 Å². The predicted octanol–water partition coefficient (Wildman–Crippen LogP) is 2.93. The molecule has 6 heteroatoms. The van der Waals surface area contributed by atoms with Crippen molar-refractivity contribution in [1.29, 1.82) is 0 Å². The highest BCUT2D eigenvalue weighted by Crippen LogP contribution is 2.16. The zero-order chi connectivity index (χ0) is 19.2. The Bertz CT molecular complexity index is 929. The first-order valence-corrected chi connectivity index (χ1v) is 8.55. The van der Waals surface area contributed by atoms with Gasteiger partial charge in [-0.15, -0.1) is 0 Å². The van der Waals surface area contributed by atoms with Crippen LogP contribution >= 0.6 is 0 Å². The van der Waals surface area contributed by atoms with E-state index in [4.69, 9.17) is 4.74 Å². The first-order valence-electron chi connectivity index (χ1n) is 8.55. The summed E-state index contributed by atoms with van der Waals surface area (Å²) >= 11 is 0. The number of hydrogen-bond acceptors (Lipinski definition) is 3. The molecule has 0 aliphatic carbocycles. The van der Waals surface area contributed by atoms with Crippen LogP contribution in [0, 0.1) is 13.8 Å². The molecule has 2 N–H and O–H groups in total. The SMILES string of the molecule is Cc1cc(C)cc(OCC(=O)NNC(=O)c2ccccc2-n2cccc2)c1. The lowest BCUT2D eigenvalue weighted by atomic mass is 10.1. The lowest BCUT2D eigenvalue weighted by molar-refractivity contribution is -0.123. The van der Waals surface area contributed by atoms with E-state index in [2.05, 4.69) is 10.9 Å². The van der Waals surface area contributed by atoms with E-state index in [0.29, 0.717) is 11.3 Å². The third-order valence-corrected chi connectivity index (χ3v) is 3.91. The lowest BCUT2D eigenvalue weighted by Crippen LogP contribution is -2.44. The lowest BCUT2D eigenvalue weighted by Gasteiger charge is -2.12. The highest BCUT2D eigenvalue weighted by Gasteiger charge is 2.13. The van der Waals surface area contributed by atoms with E-state index in [1.807, 2.05) is 73.3 Å². The van der Waals surface area contributed by atoms with Crippen molar-refractivity contribution in [3.63, 3.8) is 0 Å². The minimum Gasteiger partial charge on any atom is -0.484 e. The summed E-state index contributed by atoms with van der Waals surface area (Å²) in [4.78, 5) is 24.4. The van der Waals surface area contributed by atoms with Crippen molar-refractivity contribution < 1.29 is 14.3 Å². The fraction of sp³-hybridized carbons (Fsp3) is 0.143. The molecule has 1 aromatic heterocycles. The van der Waals surface area contributed by atoms with E-state index >= 15 is 0 Å². The molecular weight excluding hydrogens is 342 g/mol. The number of carbonyl (C=O) groups is 2. The molecule has 27 heavy (non-hydrogen) atoms. The van der Waals surface area contributed by atoms with Gasteiger partial charge in [-0.3, -0.25) is 20.4 Å². The number of nitrogens with zero attached hydrogens (tertiary/aromatic N) is 1. The maximum Gasteiger partial charge on any atom is 0.276 e. The van der Waals surface area contributed by atoms with Crippen LogP contribution in [-0.4, -0.2) is 23.0 Å². The second kappa shape index (κ2) is 8.23. The molecule has 0 aliphatic rings. The van der Waals surface area contributed by atoms with Crippen LogP contribution in [0.5, 0.6) is 5.75 Å². The van der Waals surface area contributed by atoms with Gasteiger partial charge >= 0.3 is 0 Å². The number of aromatic nitrogens is 1. The molecular formula is C21H21N3O3. The Morgan fingerprint density at radius 2 is 1.59 bits per heavy atom. The molecule has 0 saturated heterocycles. The Morgan fingerprint density at radius 1 is 0.926 bits per heavy atom. The van der Waals surface area contributed by atoms with E-state index < -0.39 is 11.8 Å². The second-order valence-electron chi connectivity index (χ2n) is 6.22. The van der Waals surface area contributed by atoms with Crippen LogP contribution in [0.2, 0.25) is 0 Å². The Kier molecular flexibility index (Phi) is 5.56. The number of ether oxygens (including phenoxy) is 1. The maximum atomic E-state index is 12.4. The molecule has 1 heterocycles. The third kappa shape index (κ3) is 4.76. The van der Waals surface area contributed by atoms with Gasteiger partial charge in [0.05, 0.1) is 11.3 Å². The summed E-state index contributed by atoms with van der Waals surface area (Å²) in [6.07, 6.45) is 3.70. The topological polar surface area (TPSA) is 72.4 Å². The largest absolute Gasteiger partial charge is 0.484 e. The summed E-state index contributed by atoms with van der Waals surface area (Å²) in [5.41, 5.74) is 8.09. The molecule has 0 bridgehead atoms. The first-order chi connectivity index (χ1) is 13.0. The Morgan fingerprint density at radius 3 is 2.30 bits per heavy atom. The Labute approximate surface area is 157 Å². The molecule has 0 spiro atoms. The zero-order valence-electron chi connectivity index (χ0n) is 15.2. The van der Waals surface area contributed by atoms with Gasteiger partial charge in [0.1, 0.15) is 5.75 Å². The van der Waals surface area contributed by atoms with E-state index in [-0.39, 0.29) is 6.61 Å². The summed E-state index contributed by atoms with van der Waals surface area (Å²) in [5.74, 6) is -0.230. The third-order valence-electron chi connectivity index (χ3n) is 3.91. The van der Waals surface area contributed by atoms with Gasteiger partial charge in [-0.05, 0) is 61.4 Å². The van der Waals surface area contributed by atoms with Crippen LogP contribution in [0.25, 0.3) is 5.69 Å². The summed E-state index contributed by atoms with van der Waals surface area (Å²) in [6.45, 7) is 3.73. The molecule has 6 nitrogen and oxygen atoms in total. The van der Waals surface area contributed by atoms with Gasteiger partial charge in [0.15, 0.2) is 6.61 Å². The van der Waals surface area contributed by atoms with Gasteiger partial charge < -0.3 is 9.30 Å². The van der Waals surface area contributed by atoms with Crippen LogP contribution < -0.4 is 15.6 Å². The van der Waals surface area contributed by atoms with Gasteiger partial charge in [-0.2, -0.15) is 0 Å². The fourth-order valence-electron chi connectivity index (χ4n) is 2.78. The smallest absolute Gasteiger partial charge is 0.276 e.